The molecule has 0 unspecified atom stereocenters. The zero-order valence-electron chi connectivity index (χ0n) is 16.5. The van der Waals surface area contributed by atoms with Crippen molar-refractivity contribution in [2.75, 3.05) is 13.2 Å². The third-order valence-electron chi connectivity index (χ3n) is 4.80. The van der Waals surface area contributed by atoms with Gasteiger partial charge in [-0.2, -0.15) is 21.6 Å². The molecule has 1 saturated heterocycles. The molecule has 2 atom stereocenters. The maximum Gasteiger partial charge on any atom is 0.523 e. The topological polar surface area (TPSA) is 90.0 Å². The first-order chi connectivity index (χ1) is 12.5. The van der Waals surface area contributed by atoms with Gasteiger partial charge in [-0.1, -0.05) is 47.3 Å². The van der Waals surface area contributed by atoms with E-state index in [-0.39, 0.29) is 13.0 Å². The van der Waals surface area contributed by atoms with E-state index >= 15 is 0 Å². The number of ketones is 1. The summed E-state index contributed by atoms with van der Waals surface area (Å²) in [5.74, 6) is -1.33. The van der Waals surface area contributed by atoms with Crippen LogP contribution in [0.15, 0.2) is 12.7 Å². The van der Waals surface area contributed by atoms with Gasteiger partial charge in [0.1, 0.15) is 12.1 Å². The second kappa shape index (κ2) is 8.02. The molecule has 0 aliphatic carbocycles. The minimum atomic E-state index is -5.95. The van der Waals surface area contributed by atoms with E-state index in [1.165, 1.54) is 19.9 Å². The lowest BCUT2D eigenvalue weighted by molar-refractivity contribution is -0.129. The van der Waals surface area contributed by atoms with Crippen molar-refractivity contribution in [1.82, 2.24) is 4.90 Å². The SMILES string of the molecule is C=CCOC(=O)N1[C@@H](C(C)(C)C)CC(=O)[C@@]1(COS(=O)(=O)C(F)(F)F)C(C)C. The second-order valence-electron chi connectivity index (χ2n) is 7.99. The van der Waals surface area contributed by atoms with Gasteiger partial charge in [-0.15, -0.1) is 0 Å². The summed E-state index contributed by atoms with van der Waals surface area (Å²) in [6.45, 7) is 10.3. The number of ether oxygens (including phenoxy) is 1. The third-order valence-corrected chi connectivity index (χ3v) is 5.79. The summed E-state index contributed by atoms with van der Waals surface area (Å²) >= 11 is 0. The molecule has 0 aromatic carbocycles. The molecule has 1 rings (SSSR count). The molecule has 28 heavy (non-hydrogen) atoms. The van der Waals surface area contributed by atoms with Gasteiger partial charge in [0.2, 0.25) is 0 Å². The number of likely N-dealkylation sites (tertiary alicyclic amines) is 1. The van der Waals surface area contributed by atoms with Crippen LogP contribution >= 0.6 is 0 Å². The molecule has 1 aliphatic heterocycles. The maximum atomic E-state index is 12.9. The van der Waals surface area contributed by atoms with Crippen LogP contribution in [0.5, 0.6) is 0 Å². The van der Waals surface area contributed by atoms with E-state index in [9.17, 15) is 31.2 Å². The van der Waals surface area contributed by atoms with Crippen LogP contribution in [-0.4, -0.2) is 55.5 Å². The molecule has 11 heteroatoms. The molecule has 0 radical (unpaired) electrons. The molecule has 0 aromatic rings. The second-order valence-corrected chi connectivity index (χ2v) is 9.59. The number of carbonyl (C=O) groups is 2. The van der Waals surface area contributed by atoms with Gasteiger partial charge in [0, 0.05) is 12.5 Å². The molecular weight excluding hydrogens is 403 g/mol. The summed E-state index contributed by atoms with van der Waals surface area (Å²) in [5, 5.41) is 0. The van der Waals surface area contributed by atoms with Gasteiger partial charge in [0.05, 0.1) is 6.61 Å². The molecular formula is C17H26F3NO6S. The number of hydrogen-bond donors (Lipinski definition) is 0. The smallest absolute Gasteiger partial charge is 0.445 e. The van der Waals surface area contributed by atoms with Crippen molar-refractivity contribution in [2.24, 2.45) is 11.3 Å². The van der Waals surface area contributed by atoms with Gasteiger partial charge in [-0.3, -0.25) is 13.9 Å². The Labute approximate surface area is 163 Å². The quantitative estimate of drug-likeness (QED) is 0.366. The van der Waals surface area contributed by atoms with Crippen LogP contribution in [0.3, 0.4) is 0 Å². The Kier molecular flexibility index (Phi) is 6.99. The van der Waals surface area contributed by atoms with Crippen molar-refractivity contribution in [2.45, 2.75) is 58.1 Å². The summed E-state index contributed by atoms with van der Waals surface area (Å²) in [7, 11) is -5.95. The Hall–Kier alpha value is -1.62. The largest absolute Gasteiger partial charge is 0.523 e. The highest BCUT2D eigenvalue weighted by Gasteiger charge is 2.61. The highest BCUT2D eigenvalue weighted by atomic mass is 32.2. The Bertz CT molecular complexity index is 726. The lowest BCUT2D eigenvalue weighted by atomic mass is 9.84. The first-order valence-corrected chi connectivity index (χ1v) is 9.99. The average Bonchev–Trinajstić information content (AvgIpc) is 2.83. The van der Waals surface area contributed by atoms with Crippen molar-refractivity contribution in [3.05, 3.63) is 12.7 Å². The minimum Gasteiger partial charge on any atom is -0.445 e. The zero-order chi connectivity index (χ0) is 22.1. The fourth-order valence-electron chi connectivity index (χ4n) is 3.19. The Morgan fingerprint density at radius 1 is 1.36 bits per heavy atom. The summed E-state index contributed by atoms with van der Waals surface area (Å²) in [4.78, 5) is 26.7. The normalized spacial score (nSPS) is 24.0. The predicted molar refractivity (Wildman–Crippen MR) is 94.7 cm³/mol. The summed E-state index contributed by atoms with van der Waals surface area (Å²) < 4.78 is 70.2. The van der Waals surface area contributed by atoms with Gasteiger partial charge in [0.15, 0.2) is 5.78 Å². The lowest BCUT2D eigenvalue weighted by Crippen LogP contribution is -2.61. The van der Waals surface area contributed by atoms with Gasteiger partial charge in [-0.05, 0) is 11.3 Å². The molecule has 0 aromatic heterocycles. The van der Waals surface area contributed by atoms with Crippen LogP contribution in [0.25, 0.3) is 0 Å². The molecule has 1 amide bonds. The Morgan fingerprint density at radius 3 is 2.29 bits per heavy atom. The molecule has 162 valence electrons. The Balaban J connectivity index is 3.47. The van der Waals surface area contributed by atoms with Crippen molar-refractivity contribution in [3.8, 4) is 0 Å². The van der Waals surface area contributed by atoms with Crippen LogP contribution in [0, 0.1) is 11.3 Å². The molecule has 1 aliphatic rings. The number of hydrogen-bond acceptors (Lipinski definition) is 6. The van der Waals surface area contributed by atoms with Crippen LogP contribution in [0.1, 0.15) is 41.0 Å². The fourth-order valence-corrected chi connectivity index (χ4v) is 3.66. The number of halogens is 3. The van der Waals surface area contributed by atoms with E-state index in [0.29, 0.717) is 0 Å². The monoisotopic (exact) mass is 429 g/mol. The van der Waals surface area contributed by atoms with Crippen LogP contribution in [0.4, 0.5) is 18.0 Å². The molecule has 0 bridgehead atoms. The average molecular weight is 429 g/mol. The minimum absolute atomic E-state index is 0.166. The first-order valence-electron chi connectivity index (χ1n) is 8.58. The first kappa shape index (κ1) is 24.4. The van der Waals surface area contributed by atoms with E-state index in [4.69, 9.17) is 4.74 Å². The highest BCUT2D eigenvalue weighted by Crippen LogP contribution is 2.44. The molecule has 0 spiro atoms. The number of Topliss-reactive ketones (excluding diaryl/α,β-unsaturated/α-hetero) is 1. The number of rotatable bonds is 6. The Morgan fingerprint density at radius 2 is 1.89 bits per heavy atom. The molecule has 1 heterocycles. The number of nitrogens with zero attached hydrogens (tertiary/aromatic N) is 1. The third kappa shape index (κ3) is 4.51. The van der Waals surface area contributed by atoms with E-state index in [0.717, 1.165) is 4.90 Å². The van der Waals surface area contributed by atoms with Gasteiger partial charge < -0.3 is 4.74 Å². The van der Waals surface area contributed by atoms with Crippen molar-refractivity contribution >= 4 is 22.0 Å². The number of carbonyl (C=O) groups excluding carboxylic acids is 2. The van der Waals surface area contributed by atoms with Crippen LogP contribution in [-0.2, 0) is 23.8 Å². The summed E-state index contributed by atoms with van der Waals surface area (Å²) in [6, 6.07) is -0.725. The zero-order valence-corrected chi connectivity index (χ0v) is 17.3. The number of amides is 1. The summed E-state index contributed by atoms with van der Waals surface area (Å²) in [5.41, 5.74) is -8.21. The van der Waals surface area contributed by atoms with Crippen LogP contribution in [0.2, 0.25) is 0 Å². The van der Waals surface area contributed by atoms with Gasteiger partial charge in [-0.25, -0.2) is 4.79 Å². The number of alkyl halides is 3. The van der Waals surface area contributed by atoms with E-state index in [1.54, 1.807) is 20.8 Å². The predicted octanol–water partition coefficient (Wildman–Crippen LogP) is 3.26. The standard InChI is InChI=1S/C17H26F3NO6S/c1-7-8-26-14(23)21-12(15(4,5)6)9-13(22)16(21,11(2)3)10-27-28(24,25)17(18,19)20/h7,11-12H,1,8-10H2,2-6H3/t12-,16-/m1/s1. The van der Waals surface area contributed by atoms with Crippen LogP contribution < -0.4 is 0 Å². The molecule has 0 saturated carbocycles. The molecule has 0 N–H and O–H groups in total. The van der Waals surface area contributed by atoms with Crippen molar-refractivity contribution in [3.63, 3.8) is 0 Å². The molecule has 7 nitrogen and oxygen atoms in total. The van der Waals surface area contributed by atoms with Gasteiger partial charge in [0.25, 0.3) is 0 Å². The van der Waals surface area contributed by atoms with Crippen molar-refractivity contribution < 1.29 is 40.1 Å². The highest BCUT2D eigenvalue weighted by molar-refractivity contribution is 7.87. The van der Waals surface area contributed by atoms with E-state index in [1.807, 2.05) is 0 Å². The van der Waals surface area contributed by atoms with E-state index in [2.05, 4.69) is 10.8 Å². The van der Waals surface area contributed by atoms with E-state index < -0.39 is 57.0 Å². The summed E-state index contributed by atoms with van der Waals surface area (Å²) in [6.07, 6.45) is 0.177. The lowest BCUT2D eigenvalue weighted by Gasteiger charge is -2.44. The maximum absolute atomic E-state index is 12.9. The van der Waals surface area contributed by atoms with Gasteiger partial charge >= 0.3 is 21.7 Å². The molecule has 1 fully saturated rings. The van der Waals surface area contributed by atoms with Crippen molar-refractivity contribution in [1.29, 1.82) is 0 Å². The fraction of sp³-hybridized carbons (Fsp3) is 0.765.